The van der Waals surface area contributed by atoms with E-state index in [-0.39, 0.29) is 12.3 Å². The van der Waals surface area contributed by atoms with Crippen molar-refractivity contribution in [1.82, 2.24) is 0 Å². The molecule has 1 radical (unpaired) electrons. The van der Waals surface area contributed by atoms with Crippen molar-refractivity contribution in [2.24, 2.45) is 5.92 Å². The van der Waals surface area contributed by atoms with Gasteiger partial charge >= 0.3 is 5.97 Å². The quantitative estimate of drug-likeness (QED) is 0.619. The molecule has 3 nitrogen and oxygen atoms in total. The van der Waals surface area contributed by atoms with Crippen LogP contribution in [0.15, 0.2) is 0 Å². The van der Waals surface area contributed by atoms with E-state index in [2.05, 4.69) is 0 Å². The molecular formula is C6H11O3. The molecule has 3 heteroatoms. The van der Waals surface area contributed by atoms with Crippen LogP contribution < -0.4 is 0 Å². The highest BCUT2D eigenvalue weighted by molar-refractivity contribution is 5.71. The van der Waals surface area contributed by atoms with Crippen molar-refractivity contribution in [3.63, 3.8) is 0 Å². The van der Waals surface area contributed by atoms with Crippen molar-refractivity contribution in [3.8, 4) is 0 Å². The molecule has 1 unspecified atom stereocenters. The molecule has 0 aromatic rings. The Labute approximate surface area is 54.3 Å². The second-order valence-corrected chi connectivity index (χ2v) is 2.46. The van der Waals surface area contributed by atoms with Crippen LogP contribution in [0.3, 0.4) is 0 Å². The van der Waals surface area contributed by atoms with E-state index in [9.17, 15) is 9.90 Å². The topological polar surface area (TPSA) is 57.2 Å². The van der Waals surface area contributed by atoms with Gasteiger partial charge < -0.3 is 5.11 Å². The zero-order valence-corrected chi connectivity index (χ0v) is 5.63. The highest BCUT2D eigenvalue weighted by Gasteiger charge is 2.15. The molecule has 0 amide bonds. The first-order valence-corrected chi connectivity index (χ1v) is 2.92. The van der Waals surface area contributed by atoms with E-state index < -0.39 is 12.1 Å². The molecule has 0 aliphatic rings. The summed E-state index contributed by atoms with van der Waals surface area (Å²) in [4.78, 5) is 9.92. The summed E-state index contributed by atoms with van der Waals surface area (Å²) in [5, 5.41) is 18.6. The molecule has 1 N–H and O–H groups in total. The highest BCUT2D eigenvalue weighted by Crippen LogP contribution is 2.04. The number of rotatable bonds is 3. The number of carboxylic acids is 1. The molecular weight excluding hydrogens is 120 g/mol. The van der Waals surface area contributed by atoms with Crippen molar-refractivity contribution in [1.29, 1.82) is 0 Å². The smallest absolute Gasteiger partial charge is 0.336 e. The predicted molar refractivity (Wildman–Crippen MR) is 31.6 cm³/mol. The van der Waals surface area contributed by atoms with Crippen molar-refractivity contribution < 1.29 is 15.0 Å². The van der Waals surface area contributed by atoms with Gasteiger partial charge in [-0.3, -0.25) is 0 Å². The van der Waals surface area contributed by atoms with Crippen molar-refractivity contribution in [3.05, 3.63) is 0 Å². The van der Waals surface area contributed by atoms with Gasteiger partial charge in [0.1, 0.15) is 0 Å². The largest absolute Gasteiger partial charge is 0.479 e. The minimum atomic E-state index is -1.44. The molecule has 0 aliphatic carbocycles. The first-order chi connectivity index (χ1) is 4.04. The Morgan fingerprint density at radius 1 is 1.56 bits per heavy atom. The van der Waals surface area contributed by atoms with Crippen LogP contribution in [0.25, 0.3) is 0 Å². The molecule has 1 atom stereocenters. The molecule has 0 aromatic carbocycles. The lowest BCUT2D eigenvalue weighted by Crippen LogP contribution is -2.19. The fourth-order valence-electron chi connectivity index (χ4n) is 0.529. The van der Waals surface area contributed by atoms with Crippen LogP contribution in [-0.2, 0) is 9.90 Å². The van der Waals surface area contributed by atoms with Crippen molar-refractivity contribution in [2.45, 2.75) is 26.4 Å². The highest BCUT2D eigenvalue weighted by atomic mass is 16.4. The maximum atomic E-state index is 10.4. The third-order valence-electron chi connectivity index (χ3n) is 0.961. The molecule has 9 heavy (non-hydrogen) atoms. The van der Waals surface area contributed by atoms with Crippen LogP contribution in [0, 0.1) is 5.92 Å². The van der Waals surface area contributed by atoms with E-state index in [1.54, 1.807) is 0 Å². The first kappa shape index (κ1) is 8.43. The molecule has 0 spiro atoms. The first-order valence-electron chi connectivity index (χ1n) is 2.92. The van der Waals surface area contributed by atoms with E-state index in [4.69, 9.17) is 5.11 Å². The third-order valence-corrected chi connectivity index (χ3v) is 0.961. The van der Waals surface area contributed by atoms with Gasteiger partial charge in [-0.25, -0.2) is 9.90 Å². The number of carboxylic acid groups (broad SMARTS) is 1. The van der Waals surface area contributed by atoms with Crippen molar-refractivity contribution >= 4 is 5.97 Å². The summed E-state index contributed by atoms with van der Waals surface area (Å²) in [5.74, 6) is -1.08. The average molecular weight is 131 g/mol. The SMILES string of the molecule is CC(C)CC([O])C(=O)O. The lowest BCUT2D eigenvalue weighted by molar-refractivity contribution is -0.151. The predicted octanol–water partition coefficient (Wildman–Crippen LogP) is 0.916. The van der Waals surface area contributed by atoms with E-state index in [0.29, 0.717) is 0 Å². The van der Waals surface area contributed by atoms with Crippen molar-refractivity contribution in [2.75, 3.05) is 0 Å². The Kier molecular flexibility index (Phi) is 3.24. The Morgan fingerprint density at radius 2 is 2.00 bits per heavy atom. The summed E-state index contributed by atoms with van der Waals surface area (Å²) in [6, 6.07) is 0. The number of carbonyl (C=O) groups is 1. The van der Waals surface area contributed by atoms with E-state index >= 15 is 0 Å². The number of hydrogen-bond acceptors (Lipinski definition) is 1. The van der Waals surface area contributed by atoms with Crippen LogP contribution in [0.2, 0.25) is 0 Å². The Balaban J connectivity index is 3.50. The molecule has 0 aliphatic heterocycles. The van der Waals surface area contributed by atoms with Gasteiger partial charge in [-0.1, -0.05) is 13.8 Å². The zero-order chi connectivity index (χ0) is 7.44. The van der Waals surface area contributed by atoms with E-state index in [0.717, 1.165) is 0 Å². The third kappa shape index (κ3) is 3.97. The maximum absolute atomic E-state index is 10.4. The Hall–Kier alpha value is -0.570. The minimum absolute atomic E-state index is 0.170. The molecule has 53 valence electrons. The summed E-state index contributed by atoms with van der Waals surface area (Å²) in [6.07, 6.45) is -1.22. The van der Waals surface area contributed by atoms with E-state index in [1.807, 2.05) is 13.8 Å². The summed E-state index contributed by atoms with van der Waals surface area (Å²) >= 11 is 0. The molecule has 0 rings (SSSR count). The summed E-state index contributed by atoms with van der Waals surface area (Å²) in [5.41, 5.74) is 0. The van der Waals surface area contributed by atoms with Gasteiger partial charge in [0.05, 0.1) is 0 Å². The Bertz CT molecular complexity index is 98.5. The molecule has 0 aromatic heterocycles. The van der Waals surface area contributed by atoms with Gasteiger partial charge in [-0.2, -0.15) is 0 Å². The van der Waals surface area contributed by atoms with E-state index in [1.165, 1.54) is 0 Å². The fraction of sp³-hybridized carbons (Fsp3) is 0.833. The molecule has 0 saturated carbocycles. The number of aliphatic carboxylic acids is 1. The normalized spacial score (nSPS) is 13.8. The second-order valence-electron chi connectivity index (χ2n) is 2.46. The minimum Gasteiger partial charge on any atom is -0.479 e. The van der Waals surface area contributed by atoms with Gasteiger partial charge in [0.25, 0.3) is 0 Å². The summed E-state index contributed by atoms with van der Waals surface area (Å²) in [7, 11) is 0. The van der Waals surface area contributed by atoms with Crippen LogP contribution in [0.5, 0.6) is 0 Å². The van der Waals surface area contributed by atoms with Gasteiger partial charge in [0.15, 0.2) is 6.10 Å². The lowest BCUT2D eigenvalue weighted by atomic mass is 10.1. The summed E-state index contributed by atoms with van der Waals surface area (Å²) in [6.45, 7) is 3.65. The fourth-order valence-corrected chi connectivity index (χ4v) is 0.529. The van der Waals surface area contributed by atoms with Gasteiger partial charge in [-0.15, -0.1) is 0 Å². The van der Waals surface area contributed by atoms with Crippen LogP contribution in [-0.4, -0.2) is 17.2 Å². The molecule has 0 bridgehead atoms. The monoisotopic (exact) mass is 131 g/mol. The number of hydrogen-bond donors (Lipinski definition) is 1. The summed E-state index contributed by atoms with van der Waals surface area (Å²) < 4.78 is 0. The van der Waals surface area contributed by atoms with Crippen LogP contribution in [0.1, 0.15) is 20.3 Å². The second kappa shape index (κ2) is 3.45. The standard InChI is InChI=1S/C6H11O3/c1-4(2)3-5(7)6(8)9/h4-5H,3H2,1-2H3,(H,8,9). The van der Waals surface area contributed by atoms with Gasteiger partial charge in [-0.05, 0) is 12.3 Å². The lowest BCUT2D eigenvalue weighted by Gasteiger charge is -2.04. The van der Waals surface area contributed by atoms with Gasteiger partial charge in [0, 0.05) is 0 Å². The average Bonchev–Trinajstić information content (AvgIpc) is 1.63. The Morgan fingerprint density at radius 3 is 2.11 bits per heavy atom. The molecule has 0 saturated heterocycles. The zero-order valence-electron chi connectivity index (χ0n) is 5.63. The maximum Gasteiger partial charge on any atom is 0.336 e. The molecule has 0 fully saturated rings. The van der Waals surface area contributed by atoms with Gasteiger partial charge in [0.2, 0.25) is 0 Å². The molecule has 0 heterocycles. The van der Waals surface area contributed by atoms with Crippen LogP contribution in [0.4, 0.5) is 0 Å². The van der Waals surface area contributed by atoms with Crippen LogP contribution >= 0.6 is 0 Å².